The fourth-order valence-corrected chi connectivity index (χ4v) is 3.61. The van der Waals surface area contributed by atoms with Crippen LogP contribution in [0.15, 0.2) is 59.1 Å². The van der Waals surface area contributed by atoms with Gasteiger partial charge in [-0.2, -0.15) is 0 Å². The number of aryl methyl sites for hydroxylation is 2. The molecule has 0 unspecified atom stereocenters. The Hall–Kier alpha value is -4.00. The SMILES string of the molecule is Cc1ccc(-c2cc(C(=O)Nc3cccc(NC(=O)C4CC4)c3)c3c(C)noc3n2)cc1. The number of aromatic nitrogens is 2. The average Bonchev–Trinajstić information content (AvgIpc) is 3.57. The molecule has 32 heavy (non-hydrogen) atoms. The van der Waals surface area contributed by atoms with E-state index in [1.807, 2.05) is 31.2 Å². The molecule has 4 aromatic rings. The quantitative estimate of drug-likeness (QED) is 0.462. The summed E-state index contributed by atoms with van der Waals surface area (Å²) in [5.74, 6) is -0.176. The molecule has 2 aromatic carbocycles. The number of anilines is 2. The predicted molar refractivity (Wildman–Crippen MR) is 122 cm³/mol. The van der Waals surface area contributed by atoms with Crippen molar-refractivity contribution in [3.05, 3.63) is 71.4 Å². The predicted octanol–water partition coefficient (Wildman–Crippen LogP) is 5.11. The molecule has 0 bridgehead atoms. The van der Waals surface area contributed by atoms with Crippen molar-refractivity contribution in [3.8, 4) is 11.3 Å². The molecule has 0 saturated heterocycles. The molecule has 7 nitrogen and oxygen atoms in total. The second kappa shape index (κ2) is 7.92. The summed E-state index contributed by atoms with van der Waals surface area (Å²) in [7, 11) is 0. The topological polar surface area (TPSA) is 97.1 Å². The molecule has 160 valence electrons. The smallest absolute Gasteiger partial charge is 0.259 e. The number of amides is 2. The monoisotopic (exact) mass is 426 g/mol. The highest BCUT2D eigenvalue weighted by atomic mass is 16.5. The van der Waals surface area contributed by atoms with Crippen LogP contribution in [0, 0.1) is 19.8 Å². The molecule has 2 N–H and O–H groups in total. The van der Waals surface area contributed by atoms with Crippen LogP contribution >= 0.6 is 0 Å². The van der Waals surface area contributed by atoms with E-state index in [-0.39, 0.29) is 17.7 Å². The van der Waals surface area contributed by atoms with Crippen molar-refractivity contribution >= 4 is 34.3 Å². The van der Waals surface area contributed by atoms with Crippen LogP contribution in [-0.2, 0) is 4.79 Å². The van der Waals surface area contributed by atoms with Gasteiger partial charge in [0.25, 0.3) is 11.6 Å². The van der Waals surface area contributed by atoms with Crippen LogP contribution in [0.2, 0.25) is 0 Å². The number of hydrogen-bond acceptors (Lipinski definition) is 5. The van der Waals surface area contributed by atoms with Gasteiger partial charge in [0.2, 0.25) is 5.91 Å². The summed E-state index contributed by atoms with van der Waals surface area (Å²) in [5.41, 5.74) is 5.22. The van der Waals surface area contributed by atoms with E-state index in [2.05, 4.69) is 20.8 Å². The maximum atomic E-state index is 13.3. The first-order valence-corrected chi connectivity index (χ1v) is 10.5. The first-order valence-electron chi connectivity index (χ1n) is 10.5. The van der Waals surface area contributed by atoms with Crippen LogP contribution in [-0.4, -0.2) is 22.0 Å². The van der Waals surface area contributed by atoms with Gasteiger partial charge in [0, 0.05) is 22.9 Å². The molecule has 0 atom stereocenters. The highest BCUT2D eigenvalue weighted by Gasteiger charge is 2.29. The van der Waals surface area contributed by atoms with Crippen molar-refractivity contribution in [1.29, 1.82) is 0 Å². The normalized spacial score (nSPS) is 13.2. The highest BCUT2D eigenvalue weighted by Crippen LogP contribution is 2.31. The maximum Gasteiger partial charge on any atom is 0.259 e. The Labute approximate surface area is 184 Å². The van der Waals surface area contributed by atoms with Gasteiger partial charge in [0.1, 0.15) is 0 Å². The molecular weight excluding hydrogens is 404 g/mol. The van der Waals surface area contributed by atoms with E-state index in [0.717, 1.165) is 24.0 Å². The summed E-state index contributed by atoms with van der Waals surface area (Å²) < 4.78 is 5.38. The van der Waals surface area contributed by atoms with E-state index in [1.165, 1.54) is 0 Å². The lowest BCUT2D eigenvalue weighted by molar-refractivity contribution is -0.117. The zero-order valence-electron chi connectivity index (χ0n) is 17.8. The van der Waals surface area contributed by atoms with Gasteiger partial charge >= 0.3 is 0 Å². The van der Waals surface area contributed by atoms with Crippen LogP contribution in [0.25, 0.3) is 22.4 Å². The first-order chi connectivity index (χ1) is 15.5. The number of carbonyl (C=O) groups excluding carboxylic acids is 2. The minimum Gasteiger partial charge on any atom is -0.335 e. The molecule has 2 heterocycles. The third-order valence-corrected chi connectivity index (χ3v) is 5.55. The average molecular weight is 426 g/mol. The molecule has 0 spiro atoms. The van der Waals surface area contributed by atoms with E-state index in [4.69, 9.17) is 4.52 Å². The fourth-order valence-electron chi connectivity index (χ4n) is 3.61. The van der Waals surface area contributed by atoms with Gasteiger partial charge in [0.15, 0.2) is 0 Å². The van der Waals surface area contributed by atoms with Gasteiger partial charge in [-0.1, -0.05) is 41.1 Å². The minimum atomic E-state index is -0.303. The van der Waals surface area contributed by atoms with E-state index in [1.54, 1.807) is 37.3 Å². The van der Waals surface area contributed by atoms with Crippen molar-refractivity contribution in [3.63, 3.8) is 0 Å². The van der Waals surface area contributed by atoms with E-state index in [9.17, 15) is 9.59 Å². The van der Waals surface area contributed by atoms with Crippen molar-refractivity contribution in [1.82, 2.24) is 10.1 Å². The number of benzene rings is 2. The fraction of sp³-hybridized carbons (Fsp3) is 0.200. The molecule has 1 aliphatic carbocycles. The van der Waals surface area contributed by atoms with Gasteiger partial charge in [-0.25, -0.2) is 4.98 Å². The summed E-state index contributed by atoms with van der Waals surface area (Å²) in [6, 6.07) is 16.8. The second-order valence-corrected chi connectivity index (χ2v) is 8.17. The van der Waals surface area contributed by atoms with Gasteiger partial charge in [-0.3, -0.25) is 9.59 Å². The number of nitrogens with one attached hydrogen (secondary N) is 2. The van der Waals surface area contributed by atoms with Crippen LogP contribution in [0.5, 0.6) is 0 Å². The van der Waals surface area contributed by atoms with Gasteiger partial charge in [-0.15, -0.1) is 0 Å². The molecule has 0 aliphatic heterocycles. The Morgan fingerprint density at radius 3 is 2.41 bits per heavy atom. The van der Waals surface area contributed by atoms with Crippen molar-refractivity contribution < 1.29 is 14.1 Å². The number of fused-ring (bicyclic) bond motifs is 1. The minimum absolute atomic E-state index is 0.0205. The molecule has 2 amide bonds. The Morgan fingerprint density at radius 2 is 1.69 bits per heavy atom. The van der Waals surface area contributed by atoms with Crippen molar-refractivity contribution in [2.24, 2.45) is 5.92 Å². The second-order valence-electron chi connectivity index (χ2n) is 8.17. The molecule has 1 saturated carbocycles. The standard InChI is InChI=1S/C25H22N4O3/c1-14-6-8-16(9-7-14)21-13-20(22-15(2)29-32-25(22)28-21)24(31)27-19-5-3-4-18(12-19)26-23(30)17-10-11-17/h3-9,12-13,17H,10-11H2,1-2H3,(H,26,30)(H,27,31). The Bertz CT molecular complexity index is 1340. The Balaban J connectivity index is 1.47. The third-order valence-electron chi connectivity index (χ3n) is 5.55. The van der Waals surface area contributed by atoms with Crippen LogP contribution in [0.1, 0.15) is 34.5 Å². The molecule has 0 radical (unpaired) electrons. The molecule has 2 aromatic heterocycles. The lowest BCUT2D eigenvalue weighted by atomic mass is 10.0. The largest absolute Gasteiger partial charge is 0.335 e. The third kappa shape index (κ3) is 3.97. The van der Waals surface area contributed by atoms with Gasteiger partial charge in [0.05, 0.1) is 22.3 Å². The van der Waals surface area contributed by atoms with Gasteiger partial charge < -0.3 is 15.2 Å². The zero-order valence-corrected chi connectivity index (χ0v) is 17.8. The summed E-state index contributed by atoms with van der Waals surface area (Å²) in [5, 5.41) is 10.4. The molecule has 5 rings (SSSR count). The van der Waals surface area contributed by atoms with E-state index >= 15 is 0 Å². The lowest BCUT2D eigenvalue weighted by Gasteiger charge is -2.10. The van der Waals surface area contributed by atoms with E-state index < -0.39 is 0 Å². The Morgan fingerprint density at radius 1 is 0.969 bits per heavy atom. The van der Waals surface area contributed by atoms with Crippen LogP contribution in [0.4, 0.5) is 11.4 Å². The van der Waals surface area contributed by atoms with Crippen LogP contribution in [0.3, 0.4) is 0 Å². The number of pyridine rings is 1. The van der Waals surface area contributed by atoms with Crippen molar-refractivity contribution in [2.45, 2.75) is 26.7 Å². The molecule has 1 fully saturated rings. The lowest BCUT2D eigenvalue weighted by Crippen LogP contribution is -2.15. The molecule has 7 heteroatoms. The number of nitrogens with zero attached hydrogens (tertiary/aromatic N) is 2. The van der Waals surface area contributed by atoms with E-state index in [0.29, 0.717) is 39.4 Å². The number of hydrogen-bond donors (Lipinski definition) is 2. The van der Waals surface area contributed by atoms with Crippen LogP contribution < -0.4 is 10.6 Å². The molecule has 1 aliphatic rings. The van der Waals surface area contributed by atoms with Gasteiger partial charge in [-0.05, 0) is 51.0 Å². The maximum absolute atomic E-state index is 13.3. The highest BCUT2D eigenvalue weighted by molar-refractivity contribution is 6.13. The zero-order chi connectivity index (χ0) is 22.2. The summed E-state index contributed by atoms with van der Waals surface area (Å²) in [6.07, 6.45) is 1.86. The summed E-state index contributed by atoms with van der Waals surface area (Å²) in [4.78, 5) is 29.9. The summed E-state index contributed by atoms with van der Waals surface area (Å²) >= 11 is 0. The summed E-state index contributed by atoms with van der Waals surface area (Å²) in [6.45, 7) is 3.80. The first kappa shape index (κ1) is 19.9. The van der Waals surface area contributed by atoms with Crippen molar-refractivity contribution in [2.75, 3.05) is 10.6 Å². The number of carbonyl (C=O) groups is 2. The molecular formula is C25H22N4O3. The number of rotatable bonds is 5. The Kier molecular flexibility index (Phi) is 4.93.